The zero-order valence-corrected chi connectivity index (χ0v) is 15.5. The summed E-state index contributed by atoms with van der Waals surface area (Å²) in [5.41, 5.74) is -1.15. The Balaban J connectivity index is 1.78. The minimum atomic E-state index is -4.64. The van der Waals surface area contributed by atoms with Crippen LogP contribution < -0.4 is 9.46 Å². The maximum atomic E-state index is 13.0. The zero-order valence-electron chi connectivity index (χ0n) is 14.7. The Morgan fingerprint density at radius 3 is 2.45 bits per heavy atom. The molecule has 0 spiro atoms. The van der Waals surface area contributed by atoms with E-state index in [0.29, 0.717) is 6.07 Å². The van der Waals surface area contributed by atoms with E-state index in [2.05, 4.69) is 9.82 Å². The predicted molar refractivity (Wildman–Crippen MR) is 97.9 cm³/mol. The molecule has 0 bridgehead atoms. The highest BCUT2D eigenvalue weighted by atomic mass is 32.2. The number of hydrogen-bond donors (Lipinski definition) is 1. The fourth-order valence-corrected chi connectivity index (χ4v) is 3.33. The van der Waals surface area contributed by atoms with Crippen LogP contribution in [0.4, 0.5) is 23.2 Å². The molecule has 0 radical (unpaired) electrons. The van der Waals surface area contributed by atoms with Crippen LogP contribution in [-0.4, -0.2) is 30.6 Å². The summed E-state index contributed by atoms with van der Waals surface area (Å²) in [7, 11) is -4.05. The van der Waals surface area contributed by atoms with Gasteiger partial charge in [-0.05, 0) is 48.5 Å². The number of nitrogens with zero attached hydrogens (tertiary/aromatic N) is 2. The molecule has 0 saturated carbocycles. The summed E-state index contributed by atoms with van der Waals surface area (Å²) in [5.74, 6) is -0.737. The minimum Gasteiger partial charge on any atom is -0.492 e. The van der Waals surface area contributed by atoms with E-state index < -0.39 is 33.3 Å². The third-order valence-electron chi connectivity index (χ3n) is 3.77. The van der Waals surface area contributed by atoms with Crippen molar-refractivity contribution in [1.82, 2.24) is 9.78 Å². The quantitative estimate of drug-likeness (QED) is 0.579. The molecule has 0 fully saturated rings. The third kappa shape index (κ3) is 5.47. The molecular formula is C18H15F4N3O3S. The second-order valence-electron chi connectivity index (χ2n) is 5.90. The number of halogens is 4. The highest BCUT2D eigenvalue weighted by Crippen LogP contribution is 2.33. The van der Waals surface area contributed by atoms with Crippen LogP contribution in [0, 0.1) is 5.82 Å². The lowest BCUT2D eigenvalue weighted by atomic mass is 10.1. The molecule has 0 saturated heterocycles. The average molecular weight is 429 g/mol. The number of rotatable bonds is 7. The topological polar surface area (TPSA) is 73.2 Å². The Kier molecular flexibility index (Phi) is 5.78. The number of ether oxygens (including phenoxy) is 1. The van der Waals surface area contributed by atoms with Gasteiger partial charge in [0.05, 0.1) is 16.9 Å². The van der Waals surface area contributed by atoms with Gasteiger partial charge >= 0.3 is 6.18 Å². The van der Waals surface area contributed by atoms with E-state index in [-0.39, 0.29) is 23.7 Å². The van der Waals surface area contributed by atoms with Crippen LogP contribution in [0.1, 0.15) is 5.56 Å². The van der Waals surface area contributed by atoms with Crippen molar-refractivity contribution in [1.29, 1.82) is 0 Å². The van der Waals surface area contributed by atoms with Gasteiger partial charge < -0.3 is 4.74 Å². The zero-order chi connectivity index (χ0) is 21.1. The van der Waals surface area contributed by atoms with Crippen molar-refractivity contribution in [3.63, 3.8) is 0 Å². The lowest BCUT2D eigenvalue weighted by Gasteiger charge is -2.16. The van der Waals surface area contributed by atoms with Gasteiger partial charge in [-0.15, -0.1) is 0 Å². The molecule has 0 aliphatic heterocycles. The van der Waals surface area contributed by atoms with Gasteiger partial charge in [0, 0.05) is 12.4 Å². The van der Waals surface area contributed by atoms with Crippen LogP contribution >= 0.6 is 0 Å². The summed E-state index contributed by atoms with van der Waals surface area (Å²) in [5, 5.41) is 3.92. The Morgan fingerprint density at radius 2 is 1.83 bits per heavy atom. The van der Waals surface area contributed by atoms with E-state index in [4.69, 9.17) is 4.74 Å². The van der Waals surface area contributed by atoms with Gasteiger partial charge in [-0.2, -0.15) is 18.3 Å². The van der Waals surface area contributed by atoms with Crippen molar-refractivity contribution >= 4 is 15.7 Å². The predicted octanol–water partition coefficient (Wildman–Crippen LogP) is 3.85. The smallest absolute Gasteiger partial charge is 0.416 e. The number of anilines is 1. The molecule has 1 aromatic heterocycles. The van der Waals surface area contributed by atoms with Gasteiger partial charge in [0.1, 0.15) is 23.9 Å². The first-order valence-corrected chi connectivity index (χ1v) is 9.89. The highest BCUT2D eigenvalue weighted by Gasteiger charge is 2.31. The molecule has 3 rings (SSSR count). The van der Waals surface area contributed by atoms with E-state index in [1.165, 1.54) is 29.2 Å². The first-order valence-electron chi connectivity index (χ1n) is 8.24. The van der Waals surface area contributed by atoms with Crippen molar-refractivity contribution in [3.8, 4) is 11.4 Å². The van der Waals surface area contributed by atoms with Crippen LogP contribution in [0.2, 0.25) is 0 Å². The number of sulfonamides is 1. The Morgan fingerprint density at radius 1 is 1.10 bits per heavy atom. The molecule has 2 aromatic carbocycles. The number of benzene rings is 2. The molecule has 154 valence electrons. The number of hydrogen-bond acceptors (Lipinski definition) is 4. The summed E-state index contributed by atoms with van der Waals surface area (Å²) in [4.78, 5) is 0. The largest absolute Gasteiger partial charge is 0.492 e. The standard InChI is InChI=1S/C18H15F4N3O3S/c19-14-3-5-15(6-4-14)28-10-11-29(26,27)24-16-12-13(18(20,21)22)2-7-17(16)25-9-1-8-23-25/h1-9,12,24H,10-11H2. The molecule has 29 heavy (non-hydrogen) atoms. The van der Waals surface area contributed by atoms with Gasteiger partial charge in [0.2, 0.25) is 10.0 Å². The summed E-state index contributed by atoms with van der Waals surface area (Å²) < 4.78 is 85.4. The summed E-state index contributed by atoms with van der Waals surface area (Å²) in [6.07, 6.45) is -1.76. The van der Waals surface area contributed by atoms with E-state index in [9.17, 15) is 26.0 Å². The lowest BCUT2D eigenvalue weighted by molar-refractivity contribution is -0.137. The monoisotopic (exact) mass is 429 g/mol. The second-order valence-corrected chi connectivity index (χ2v) is 7.75. The van der Waals surface area contributed by atoms with E-state index in [1.807, 2.05) is 0 Å². The molecule has 0 atom stereocenters. The van der Waals surface area contributed by atoms with Gasteiger partial charge in [-0.1, -0.05) is 0 Å². The molecule has 0 unspecified atom stereocenters. The second kappa shape index (κ2) is 8.11. The van der Waals surface area contributed by atoms with E-state index >= 15 is 0 Å². The molecule has 0 aliphatic rings. The van der Waals surface area contributed by atoms with E-state index in [1.54, 1.807) is 6.07 Å². The average Bonchev–Trinajstić information content (AvgIpc) is 3.16. The molecule has 1 N–H and O–H groups in total. The maximum absolute atomic E-state index is 13.0. The molecular weight excluding hydrogens is 414 g/mol. The molecule has 6 nitrogen and oxygen atoms in total. The maximum Gasteiger partial charge on any atom is 0.416 e. The molecule has 11 heteroatoms. The fraction of sp³-hybridized carbons (Fsp3) is 0.167. The van der Waals surface area contributed by atoms with Crippen molar-refractivity contribution in [2.24, 2.45) is 0 Å². The third-order valence-corrected chi connectivity index (χ3v) is 5.01. The Hall–Kier alpha value is -3.08. The van der Waals surface area contributed by atoms with Crippen molar-refractivity contribution in [2.75, 3.05) is 17.1 Å². The van der Waals surface area contributed by atoms with Crippen LogP contribution in [0.15, 0.2) is 60.9 Å². The first kappa shape index (κ1) is 20.6. The van der Waals surface area contributed by atoms with Crippen molar-refractivity contribution < 1.29 is 30.7 Å². The van der Waals surface area contributed by atoms with Crippen LogP contribution in [-0.2, 0) is 16.2 Å². The van der Waals surface area contributed by atoms with Gasteiger partial charge in [-0.3, -0.25) is 4.72 Å². The van der Waals surface area contributed by atoms with Crippen molar-refractivity contribution in [2.45, 2.75) is 6.18 Å². The summed E-state index contributed by atoms with van der Waals surface area (Å²) in [6.45, 7) is -0.281. The Bertz CT molecular complexity index is 1070. The fourth-order valence-electron chi connectivity index (χ4n) is 2.42. The molecule has 3 aromatic rings. The van der Waals surface area contributed by atoms with Gasteiger partial charge in [-0.25, -0.2) is 17.5 Å². The van der Waals surface area contributed by atoms with Crippen LogP contribution in [0.25, 0.3) is 5.69 Å². The number of aromatic nitrogens is 2. The first-order chi connectivity index (χ1) is 13.6. The van der Waals surface area contributed by atoms with Gasteiger partial charge in [0.15, 0.2) is 0 Å². The molecule has 0 amide bonds. The molecule has 0 aliphatic carbocycles. The lowest BCUT2D eigenvalue weighted by Crippen LogP contribution is -2.22. The highest BCUT2D eigenvalue weighted by molar-refractivity contribution is 7.92. The van der Waals surface area contributed by atoms with Crippen LogP contribution in [0.3, 0.4) is 0 Å². The van der Waals surface area contributed by atoms with Crippen LogP contribution in [0.5, 0.6) is 5.75 Å². The van der Waals surface area contributed by atoms with Crippen molar-refractivity contribution in [3.05, 3.63) is 72.3 Å². The van der Waals surface area contributed by atoms with Gasteiger partial charge in [0.25, 0.3) is 0 Å². The molecule has 1 heterocycles. The Labute approximate surface area is 163 Å². The normalized spacial score (nSPS) is 12.0. The number of alkyl halides is 3. The minimum absolute atomic E-state index is 0.131. The van der Waals surface area contributed by atoms with E-state index in [0.717, 1.165) is 24.3 Å². The summed E-state index contributed by atoms with van der Waals surface area (Å²) in [6, 6.07) is 9.19. The summed E-state index contributed by atoms with van der Waals surface area (Å²) >= 11 is 0. The SMILES string of the molecule is O=S(=O)(CCOc1ccc(F)cc1)Nc1cc(C(F)(F)F)ccc1-n1cccn1. The number of nitrogens with one attached hydrogen (secondary N) is 1.